The smallest absolute Gasteiger partial charge is 0.277 e. The first-order valence-corrected chi connectivity index (χ1v) is 9.82. The lowest BCUT2D eigenvalue weighted by Crippen LogP contribution is -2.09. The number of hydrogen-bond donors (Lipinski definition) is 0. The molecule has 0 atom stereocenters. The molecule has 5 rings (SSSR count). The van der Waals surface area contributed by atoms with Crippen LogP contribution in [0.25, 0.3) is 33.8 Å². The van der Waals surface area contributed by atoms with Crippen LogP contribution < -0.4 is 0 Å². The average molecular weight is 417 g/mol. The summed E-state index contributed by atoms with van der Waals surface area (Å²) in [6, 6.07) is 25.2. The van der Waals surface area contributed by atoms with Crippen LogP contribution in [0.4, 0.5) is 13.2 Å². The van der Waals surface area contributed by atoms with Gasteiger partial charge in [-0.3, -0.25) is 4.57 Å². The Kier molecular flexibility index (Phi) is 4.43. The molecule has 0 unspecified atom stereocenters. The zero-order chi connectivity index (χ0) is 21.6. The third-order valence-corrected chi connectivity index (χ3v) is 5.28. The molecule has 6 heteroatoms. The van der Waals surface area contributed by atoms with Crippen molar-refractivity contribution < 1.29 is 13.2 Å². The van der Waals surface area contributed by atoms with Gasteiger partial charge in [0, 0.05) is 23.0 Å². The van der Waals surface area contributed by atoms with Crippen molar-refractivity contribution in [1.29, 1.82) is 0 Å². The van der Waals surface area contributed by atoms with E-state index in [0.29, 0.717) is 17.1 Å². The summed E-state index contributed by atoms with van der Waals surface area (Å²) in [5.41, 5.74) is 2.32. The summed E-state index contributed by atoms with van der Waals surface area (Å²) in [7, 11) is 0. The second-order valence-electron chi connectivity index (χ2n) is 7.41. The van der Waals surface area contributed by atoms with Crippen LogP contribution in [0.1, 0.15) is 11.1 Å². The average Bonchev–Trinajstić information content (AvgIpc) is 3.31. The van der Waals surface area contributed by atoms with E-state index in [4.69, 9.17) is 0 Å². The van der Waals surface area contributed by atoms with Crippen LogP contribution in [0.3, 0.4) is 0 Å². The fourth-order valence-electron chi connectivity index (χ4n) is 3.85. The molecule has 3 aromatic carbocycles. The molecule has 0 saturated heterocycles. The van der Waals surface area contributed by atoms with Crippen molar-refractivity contribution in [3.63, 3.8) is 0 Å². The van der Waals surface area contributed by atoms with Crippen molar-refractivity contribution in [2.24, 2.45) is 0 Å². The van der Waals surface area contributed by atoms with Gasteiger partial charge in [0.1, 0.15) is 5.56 Å². The predicted molar refractivity (Wildman–Crippen MR) is 115 cm³/mol. The molecule has 0 amide bonds. The predicted octanol–water partition coefficient (Wildman–Crippen LogP) is 6.79. The van der Waals surface area contributed by atoms with Gasteiger partial charge >= 0.3 is 6.18 Å². The van der Waals surface area contributed by atoms with Crippen LogP contribution in [0.15, 0.2) is 91.1 Å². The molecule has 0 N–H and O–H groups in total. The highest BCUT2D eigenvalue weighted by Crippen LogP contribution is 2.42. The number of para-hydroxylation sites is 1. The van der Waals surface area contributed by atoms with Gasteiger partial charge in [-0.05, 0) is 24.6 Å². The molecular formula is C25H18F3N3. The largest absolute Gasteiger partial charge is 0.420 e. The Labute approximate surface area is 177 Å². The van der Waals surface area contributed by atoms with Crippen LogP contribution in [0, 0.1) is 6.92 Å². The Balaban J connectivity index is 1.89. The molecule has 0 aliphatic carbocycles. The highest BCUT2D eigenvalue weighted by atomic mass is 19.4. The van der Waals surface area contributed by atoms with Crippen molar-refractivity contribution in [3.05, 3.63) is 102 Å². The van der Waals surface area contributed by atoms with E-state index in [1.165, 1.54) is 10.7 Å². The van der Waals surface area contributed by atoms with E-state index in [2.05, 4.69) is 5.10 Å². The zero-order valence-corrected chi connectivity index (χ0v) is 16.6. The first-order valence-electron chi connectivity index (χ1n) is 9.82. The fourth-order valence-corrected chi connectivity index (χ4v) is 3.85. The SMILES string of the molecule is Cc1ccc(-c2nn3cc(-c4ccccc4)c(C(F)(F)F)c3n2-c2ccccc2)cc1. The Morgan fingerprint density at radius 3 is 1.97 bits per heavy atom. The highest BCUT2D eigenvalue weighted by Gasteiger charge is 2.40. The summed E-state index contributed by atoms with van der Waals surface area (Å²) < 4.78 is 46.1. The van der Waals surface area contributed by atoms with Gasteiger partial charge in [0.25, 0.3) is 0 Å². The minimum Gasteiger partial charge on any atom is -0.277 e. The number of fused-ring (bicyclic) bond motifs is 1. The summed E-state index contributed by atoms with van der Waals surface area (Å²) in [6.07, 6.45) is -3.10. The van der Waals surface area contributed by atoms with Crippen molar-refractivity contribution >= 4 is 5.65 Å². The summed E-state index contributed by atoms with van der Waals surface area (Å²) in [6.45, 7) is 1.96. The van der Waals surface area contributed by atoms with Gasteiger partial charge in [-0.15, -0.1) is 5.10 Å². The number of halogens is 3. The minimum absolute atomic E-state index is 0.00636. The van der Waals surface area contributed by atoms with Crippen LogP contribution in [-0.2, 0) is 6.18 Å². The molecule has 0 fully saturated rings. The second-order valence-corrected chi connectivity index (χ2v) is 7.41. The molecule has 2 aromatic heterocycles. The molecule has 0 aliphatic rings. The molecule has 0 aliphatic heterocycles. The summed E-state index contributed by atoms with van der Waals surface area (Å²) in [5, 5.41) is 4.59. The molecule has 31 heavy (non-hydrogen) atoms. The van der Waals surface area contributed by atoms with E-state index in [0.717, 1.165) is 11.1 Å². The highest BCUT2D eigenvalue weighted by molar-refractivity contribution is 5.79. The van der Waals surface area contributed by atoms with Gasteiger partial charge in [-0.2, -0.15) is 13.2 Å². The van der Waals surface area contributed by atoms with Crippen LogP contribution in [0.2, 0.25) is 0 Å². The van der Waals surface area contributed by atoms with Gasteiger partial charge in [-0.1, -0.05) is 78.4 Å². The van der Waals surface area contributed by atoms with E-state index in [-0.39, 0.29) is 11.2 Å². The maximum atomic E-state index is 14.4. The minimum atomic E-state index is -4.56. The molecule has 0 radical (unpaired) electrons. The quantitative estimate of drug-likeness (QED) is 0.317. The van der Waals surface area contributed by atoms with Gasteiger partial charge in [0.05, 0.1) is 0 Å². The van der Waals surface area contributed by atoms with Crippen molar-refractivity contribution in [2.45, 2.75) is 13.1 Å². The Morgan fingerprint density at radius 2 is 1.35 bits per heavy atom. The van der Waals surface area contributed by atoms with E-state index in [9.17, 15) is 13.2 Å². The van der Waals surface area contributed by atoms with Crippen LogP contribution in [0.5, 0.6) is 0 Å². The summed E-state index contributed by atoms with van der Waals surface area (Å²) in [5.74, 6) is 0.450. The topological polar surface area (TPSA) is 22.2 Å². The Morgan fingerprint density at radius 1 is 0.742 bits per heavy atom. The molecule has 5 aromatic rings. The molecule has 154 valence electrons. The van der Waals surface area contributed by atoms with Gasteiger partial charge in [-0.25, -0.2) is 4.52 Å². The normalized spacial score (nSPS) is 11.9. The number of alkyl halides is 3. The second kappa shape index (κ2) is 7.16. The number of nitrogens with zero attached hydrogens (tertiary/aromatic N) is 3. The molecule has 0 saturated carbocycles. The molecule has 3 nitrogen and oxygen atoms in total. The molecule has 2 heterocycles. The third-order valence-electron chi connectivity index (χ3n) is 5.28. The van der Waals surface area contributed by atoms with E-state index in [1.54, 1.807) is 59.2 Å². The van der Waals surface area contributed by atoms with Crippen molar-refractivity contribution in [2.75, 3.05) is 0 Å². The maximum Gasteiger partial charge on any atom is 0.420 e. The molecule has 0 bridgehead atoms. The number of aryl methyl sites for hydroxylation is 1. The van der Waals surface area contributed by atoms with Crippen molar-refractivity contribution in [3.8, 4) is 28.2 Å². The zero-order valence-electron chi connectivity index (χ0n) is 16.6. The van der Waals surface area contributed by atoms with E-state index < -0.39 is 11.7 Å². The third kappa shape index (κ3) is 3.30. The van der Waals surface area contributed by atoms with Crippen LogP contribution in [-0.4, -0.2) is 14.2 Å². The Hall–Kier alpha value is -3.80. The lowest BCUT2D eigenvalue weighted by atomic mass is 10.0. The number of rotatable bonds is 3. The number of hydrogen-bond acceptors (Lipinski definition) is 1. The van der Waals surface area contributed by atoms with Crippen molar-refractivity contribution in [1.82, 2.24) is 14.2 Å². The van der Waals surface area contributed by atoms with Gasteiger partial charge in [0.15, 0.2) is 11.5 Å². The van der Waals surface area contributed by atoms with Gasteiger partial charge < -0.3 is 0 Å². The summed E-state index contributed by atoms with van der Waals surface area (Å²) >= 11 is 0. The first kappa shape index (κ1) is 19.2. The van der Waals surface area contributed by atoms with Gasteiger partial charge in [0.2, 0.25) is 0 Å². The fraction of sp³-hybridized carbons (Fsp3) is 0.0800. The maximum absolute atomic E-state index is 14.4. The monoisotopic (exact) mass is 417 g/mol. The standard InChI is InChI=1S/C25H18F3N3/c1-17-12-14-19(15-13-17)23-29-30-16-21(18-8-4-2-5-9-18)22(25(26,27)28)24(30)31(23)20-10-6-3-7-11-20/h2-16H,1H3. The Bertz CT molecular complexity index is 1350. The number of benzene rings is 3. The van der Waals surface area contributed by atoms with Crippen LogP contribution >= 0.6 is 0 Å². The number of aromatic nitrogens is 3. The molecule has 0 spiro atoms. The van der Waals surface area contributed by atoms with E-state index >= 15 is 0 Å². The summed E-state index contributed by atoms with van der Waals surface area (Å²) in [4.78, 5) is 0. The lowest BCUT2D eigenvalue weighted by molar-refractivity contribution is -0.135. The first-order chi connectivity index (χ1) is 14.9. The van der Waals surface area contributed by atoms with E-state index in [1.807, 2.05) is 37.3 Å². The lowest BCUT2D eigenvalue weighted by Gasteiger charge is -2.13. The molecular weight excluding hydrogens is 399 g/mol.